The van der Waals surface area contributed by atoms with Gasteiger partial charge < -0.3 is 19.9 Å². The third-order valence-electron chi connectivity index (χ3n) is 4.40. The molecule has 3 rings (SSSR count). The van der Waals surface area contributed by atoms with Crippen molar-refractivity contribution in [2.24, 2.45) is 18.0 Å². The second-order valence-corrected chi connectivity index (χ2v) is 6.18. The highest BCUT2D eigenvalue weighted by Gasteiger charge is 2.29. The van der Waals surface area contributed by atoms with E-state index in [0.717, 1.165) is 37.9 Å². The molecule has 2 atom stereocenters. The van der Waals surface area contributed by atoms with Crippen LogP contribution in [-0.2, 0) is 18.3 Å². The van der Waals surface area contributed by atoms with Gasteiger partial charge in [-0.25, -0.2) is 4.99 Å². The third kappa shape index (κ3) is 5.41. The Kier molecular flexibility index (Phi) is 8.30. The van der Waals surface area contributed by atoms with Crippen molar-refractivity contribution in [3.05, 3.63) is 48.0 Å². The van der Waals surface area contributed by atoms with Crippen molar-refractivity contribution >= 4 is 29.9 Å². The summed E-state index contributed by atoms with van der Waals surface area (Å²) >= 11 is 0. The second kappa shape index (κ2) is 10.5. The zero-order chi connectivity index (χ0) is 17.5. The Morgan fingerprint density at radius 1 is 1.31 bits per heavy atom. The molecule has 8 heteroatoms. The molecular formula is C18H27IN6O. The minimum Gasteiger partial charge on any atom is -0.373 e. The van der Waals surface area contributed by atoms with Crippen molar-refractivity contribution in [1.82, 2.24) is 25.4 Å². The number of rotatable bonds is 6. The molecule has 1 aromatic heterocycles. The molecule has 0 spiro atoms. The fourth-order valence-electron chi connectivity index (χ4n) is 3.02. The third-order valence-corrected chi connectivity index (χ3v) is 4.40. The van der Waals surface area contributed by atoms with Crippen LogP contribution in [-0.4, -0.2) is 40.4 Å². The summed E-state index contributed by atoms with van der Waals surface area (Å²) in [7, 11) is 1.92. The number of nitrogens with zero attached hydrogens (tertiary/aromatic N) is 4. The number of benzene rings is 1. The van der Waals surface area contributed by atoms with Crippen molar-refractivity contribution in [3.8, 4) is 0 Å². The number of halogens is 1. The van der Waals surface area contributed by atoms with Gasteiger partial charge in [-0.2, -0.15) is 0 Å². The molecule has 0 radical (unpaired) electrons. The molecule has 0 saturated carbocycles. The van der Waals surface area contributed by atoms with Crippen molar-refractivity contribution < 1.29 is 4.74 Å². The van der Waals surface area contributed by atoms with Crippen molar-refractivity contribution in [1.29, 1.82) is 0 Å². The number of aliphatic imine (C=N–C) groups is 1. The molecule has 1 aliphatic rings. The molecule has 1 saturated heterocycles. The van der Waals surface area contributed by atoms with Gasteiger partial charge in [-0.3, -0.25) is 0 Å². The standard InChI is InChI=1S/C18H26N6O.HI/c1-3-19-18(21-12-16-23-22-13-24(16)2)20-11-15-9-10-25-17(15)14-7-5-4-6-8-14;/h4-8,13,15,17H,3,9-12H2,1-2H3,(H2,19,20,21);1H. The van der Waals surface area contributed by atoms with E-state index in [1.54, 1.807) is 6.33 Å². The van der Waals surface area contributed by atoms with E-state index in [0.29, 0.717) is 12.5 Å². The highest BCUT2D eigenvalue weighted by Crippen LogP contribution is 2.33. The second-order valence-electron chi connectivity index (χ2n) is 6.18. The zero-order valence-electron chi connectivity index (χ0n) is 15.3. The van der Waals surface area contributed by atoms with Crippen LogP contribution in [0.15, 0.2) is 41.7 Å². The molecule has 0 aliphatic carbocycles. The Morgan fingerprint density at radius 3 is 2.81 bits per heavy atom. The first-order valence-corrected chi connectivity index (χ1v) is 8.79. The van der Waals surface area contributed by atoms with Crippen molar-refractivity contribution in [2.45, 2.75) is 26.0 Å². The SMILES string of the molecule is CCNC(=NCc1nncn1C)NCC1CCOC1c1ccccc1.I. The van der Waals surface area contributed by atoms with Crippen molar-refractivity contribution in [2.75, 3.05) is 19.7 Å². The first-order chi connectivity index (χ1) is 12.3. The Labute approximate surface area is 171 Å². The molecule has 2 heterocycles. The minimum atomic E-state index is 0. The van der Waals surface area contributed by atoms with E-state index in [2.05, 4.69) is 57.0 Å². The summed E-state index contributed by atoms with van der Waals surface area (Å²) in [6.45, 7) is 5.00. The van der Waals surface area contributed by atoms with E-state index < -0.39 is 0 Å². The van der Waals surface area contributed by atoms with Gasteiger partial charge in [-0.15, -0.1) is 34.2 Å². The molecule has 0 amide bonds. The van der Waals surface area contributed by atoms with E-state index in [4.69, 9.17) is 4.74 Å². The van der Waals surface area contributed by atoms with Crippen LogP contribution < -0.4 is 10.6 Å². The summed E-state index contributed by atoms with van der Waals surface area (Å²) in [6.07, 6.45) is 2.89. The average Bonchev–Trinajstić information content (AvgIpc) is 3.27. The Hall–Kier alpha value is -1.68. The normalized spacial score (nSPS) is 19.8. The highest BCUT2D eigenvalue weighted by molar-refractivity contribution is 14.0. The Balaban J connectivity index is 0.00000243. The lowest BCUT2D eigenvalue weighted by molar-refractivity contribution is 0.0915. The summed E-state index contributed by atoms with van der Waals surface area (Å²) in [4.78, 5) is 4.61. The van der Waals surface area contributed by atoms with Gasteiger partial charge >= 0.3 is 0 Å². The van der Waals surface area contributed by atoms with E-state index in [1.807, 2.05) is 17.7 Å². The van der Waals surface area contributed by atoms with Gasteiger partial charge in [-0.05, 0) is 18.9 Å². The number of ether oxygens (including phenoxy) is 1. The lowest BCUT2D eigenvalue weighted by atomic mass is 9.95. The molecule has 1 fully saturated rings. The summed E-state index contributed by atoms with van der Waals surface area (Å²) in [5.41, 5.74) is 1.24. The molecule has 26 heavy (non-hydrogen) atoms. The van der Waals surface area contributed by atoms with Gasteiger partial charge in [0.05, 0.1) is 6.10 Å². The zero-order valence-corrected chi connectivity index (χ0v) is 17.6. The Morgan fingerprint density at radius 2 is 2.12 bits per heavy atom. The lowest BCUT2D eigenvalue weighted by Crippen LogP contribution is -2.40. The molecule has 0 bridgehead atoms. The van der Waals surface area contributed by atoms with Gasteiger partial charge in [-0.1, -0.05) is 30.3 Å². The van der Waals surface area contributed by atoms with Crippen LogP contribution >= 0.6 is 24.0 Å². The van der Waals surface area contributed by atoms with Gasteiger partial charge in [0.25, 0.3) is 0 Å². The lowest BCUT2D eigenvalue weighted by Gasteiger charge is -2.20. The van der Waals surface area contributed by atoms with Crippen LogP contribution in [0, 0.1) is 5.92 Å². The van der Waals surface area contributed by atoms with E-state index in [9.17, 15) is 0 Å². The fraction of sp³-hybridized carbons (Fsp3) is 0.500. The van der Waals surface area contributed by atoms with Crippen LogP contribution in [0.4, 0.5) is 0 Å². The maximum Gasteiger partial charge on any atom is 0.191 e. The molecule has 2 aromatic rings. The summed E-state index contributed by atoms with van der Waals surface area (Å²) < 4.78 is 7.83. The molecular weight excluding hydrogens is 443 g/mol. The molecule has 2 unspecified atom stereocenters. The number of aryl methyl sites for hydroxylation is 1. The van der Waals surface area contributed by atoms with Crippen molar-refractivity contribution in [3.63, 3.8) is 0 Å². The first kappa shape index (κ1) is 20.6. The fourth-order valence-corrected chi connectivity index (χ4v) is 3.02. The predicted molar refractivity (Wildman–Crippen MR) is 112 cm³/mol. The topological polar surface area (TPSA) is 76.4 Å². The van der Waals surface area contributed by atoms with Crippen LogP contribution in [0.3, 0.4) is 0 Å². The summed E-state index contributed by atoms with van der Waals surface area (Å²) in [5, 5.41) is 14.7. The molecule has 1 aromatic carbocycles. The number of nitrogens with one attached hydrogen (secondary N) is 2. The highest BCUT2D eigenvalue weighted by atomic mass is 127. The van der Waals surface area contributed by atoms with Gasteiger partial charge in [0, 0.05) is 32.7 Å². The Bertz CT molecular complexity index is 690. The van der Waals surface area contributed by atoms with E-state index in [1.165, 1.54) is 5.56 Å². The number of hydrogen-bond donors (Lipinski definition) is 2. The van der Waals surface area contributed by atoms with Crippen LogP contribution in [0.25, 0.3) is 0 Å². The number of aromatic nitrogens is 3. The van der Waals surface area contributed by atoms with Crippen LogP contribution in [0.5, 0.6) is 0 Å². The van der Waals surface area contributed by atoms with Gasteiger partial charge in [0.2, 0.25) is 0 Å². The number of hydrogen-bond acceptors (Lipinski definition) is 4. The van der Waals surface area contributed by atoms with Crippen LogP contribution in [0.2, 0.25) is 0 Å². The molecule has 2 N–H and O–H groups in total. The quantitative estimate of drug-likeness (QED) is 0.385. The predicted octanol–water partition coefficient (Wildman–Crippen LogP) is 2.27. The largest absolute Gasteiger partial charge is 0.373 e. The minimum absolute atomic E-state index is 0. The summed E-state index contributed by atoms with van der Waals surface area (Å²) in [5.74, 6) is 2.06. The molecule has 1 aliphatic heterocycles. The monoisotopic (exact) mass is 470 g/mol. The maximum absolute atomic E-state index is 5.96. The van der Waals surface area contributed by atoms with Crippen LogP contribution in [0.1, 0.15) is 30.8 Å². The first-order valence-electron chi connectivity index (χ1n) is 8.79. The average molecular weight is 470 g/mol. The molecule has 142 valence electrons. The smallest absolute Gasteiger partial charge is 0.191 e. The summed E-state index contributed by atoms with van der Waals surface area (Å²) in [6, 6.07) is 10.4. The van der Waals surface area contributed by atoms with E-state index >= 15 is 0 Å². The van der Waals surface area contributed by atoms with Gasteiger partial charge in [0.15, 0.2) is 11.8 Å². The van der Waals surface area contributed by atoms with E-state index in [-0.39, 0.29) is 30.1 Å². The number of guanidine groups is 1. The van der Waals surface area contributed by atoms with Gasteiger partial charge in [0.1, 0.15) is 12.9 Å². The maximum atomic E-state index is 5.96. The molecule has 7 nitrogen and oxygen atoms in total.